The van der Waals surface area contributed by atoms with E-state index < -0.39 is 0 Å². The summed E-state index contributed by atoms with van der Waals surface area (Å²) in [6, 6.07) is 8.49. The Morgan fingerprint density at radius 1 is 1.16 bits per heavy atom. The van der Waals surface area contributed by atoms with Crippen LogP contribution in [0.3, 0.4) is 0 Å². The lowest BCUT2D eigenvalue weighted by atomic mass is 9.71. The van der Waals surface area contributed by atoms with Gasteiger partial charge < -0.3 is 5.73 Å². The molecule has 1 heteroatoms. The van der Waals surface area contributed by atoms with E-state index in [1.54, 1.807) is 0 Å². The van der Waals surface area contributed by atoms with Gasteiger partial charge in [-0.3, -0.25) is 0 Å². The second kappa shape index (κ2) is 5.92. The summed E-state index contributed by atoms with van der Waals surface area (Å²) >= 11 is 0. The normalized spacial score (nSPS) is 26.2. The Morgan fingerprint density at radius 3 is 2.37 bits per heavy atom. The van der Waals surface area contributed by atoms with E-state index in [0.29, 0.717) is 5.92 Å². The minimum atomic E-state index is 0.110. The minimum absolute atomic E-state index is 0.110. The Hall–Kier alpha value is -1.76. The van der Waals surface area contributed by atoms with Crippen LogP contribution in [0.2, 0.25) is 0 Å². The second-order valence-electron chi connectivity index (χ2n) is 5.51. The fourth-order valence-electron chi connectivity index (χ4n) is 2.36. The molecule has 2 N–H and O–H groups in total. The molecule has 0 radical (unpaired) electrons. The first kappa shape index (κ1) is 15.3. The zero-order valence-electron chi connectivity index (χ0n) is 12.5. The molecule has 0 fully saturated rings. The smallest absolute Gasteiger partial charge is 0.0420 e. The van der Waals surface area contributed by atoms with E-state index in [2.05, 4.69) is 77.3 Å². The van der Waals surface area contributed by atoms with Crippen molar-refractivity contribution in [1.82, 2.24) is 0 Å². The van der Waals surface area contributed by atoms with Gasteiger partial charge in [0.05, 0.1) is 0 Å². The third-order valence-electron chi connectivity index (χ3n) is 4.11. The van der Waals surface area contributed by atoms with Crippen molar-refractivity contribution in [2.75, 3.05) is 0 Å². The summed E-state index contributed by atoms with van der Waals surface area (Å²) in [6.45, 7) is 14.9. The summed E-state index contributed by atoms with van der Waals surface area (Å²) < 4.78 is 0. The van der Waals surface area contributed by atoms with E-state index in [1.807, 2.05) is 0 Å². The Kier molecular flexibility index (Phi) is 4.77. The molecule has 1 aliphatic carbocycles. The van der Waals surface area contributed by atoms with Crippen molar-refractivity contribution in [3.8, 4) is 0 Å². The van der Waals surface area contributed by atoms with Crippen LogP contribution in [0, 0.1) is 5.92 Å². The topological polar surface area (TPSA) is 26.0 Å². The monoisotopic (exact) mass is 255 g/mol. The fraction of sp³-hybridized carbons (Fsp3) is 0.333. The second-order valence-corrected chi connectivity index (χ2v) is 5.51. The van der Waals surface area contributed by atoms with Gasteiger partial charge in [-0.15, -0.1) is 13.2 Å². The highest BCUT2D eigenvalue weighted by Gasteiger charge is 2.30. The predicted octanol–water partition coefficient (Wildman–Crippen LogP) is 4.66. The maximum absolute atomic E-state index is 6.25. The van der Waals surface area contributed by atoms with Gasteiger partial charge in [0.15, 0.2) is 0 Å². The Balaban J connectivity index is 0.000000861. The lowest BCUT2D eigenvalue weighted by Crippen LogP contribution is -2.28. The summed E-state index contributed by atoms with van der Waals surface area (Å²) in [5, 5.41) is 0. The maximum Gasteiger partial charge on any atom is 0.0420 e. The highest BCUT2D eigenvalue weighted by Crippen LogP contribution is 2.38. The molecule has 1 nitrogen and oxygen atoms in total. The maximum atomic E-state index is 6.25. The highest BCUT2D eigenvalue weighted by atomic mass is 14.6. The minimum Gasteiger partial charge on any atom is -0.398 e. The van der Waals surface area contributed by atoms with Gasteiger partial charge in [-0.1, -0.05) is 57.2 Å². The van der Waals surface area contributed by atoms with Gasteiger partial charge in [-0.25, -0.2) is 0 Å². The zero-order valence-corrected chi connectivity index (χ0v) is 12.5. The van der Waals surface area contributed by atoms with Gasteiger partial charge in [-0.2, -0.15) is 0 Å². The zero-order chi connectivity index (χ0) is 14.6. The van der Waals surface area contributed by atoms with E-state index in [9.17, 15) is 0 Å². The summed E-state index contributed by atoms with van der Waals surface area (Å²) in [4.78, 5) is 0. The van der Waals surface area contributed by atoms with Gasteiger partial charge >= 0.3 is 0 Å². The van der Waals surface area contributed by atoms with Crippen molar-refractivity contribution in [1.29, 1.82) is 0 Å². The number of nitrogens with two attached hydrogens (primary N) is 1. The Labute approximate surface area is 117 Å². The molecular weight excluding hydrogens is 230 g/mol. The standard InChI is InChI=1S/C16H21N.C2H4/c1-11-9-10-12(2)16(3,4)14-8-6-5-7-13(14)15(11)17;1-2/h5-10,12H,17H2,1-4H3;1-2H2/b10-9-,15-11-;. The number of fused-ring (bicyclic) bond motifs is 1. The quantitative estimate of drug-likeness (QED) is 0.670. The molecule has 0 spiro atoms. The number of rotatable bonds is 0. The highest BCUT2D eigenvalue weighted by molar-refractivity contribution is 5.71. The predicted molar refractivity (Wildman–Crippen MR) is 85.8 cm³/mol. The number of allylic oxidation sites excluding steroid dienone is 3. The van der Waals surface area contributed by atoms with Crippen molar-refractivity contribution in [3.63, 3.8) is 0 Å². The average molecular weight is 255 g/mol. The van der Waals surface area contributed by atoms with Crippen molar-refractivity contribution in [3.05, 3.63) is 66.3 Å². The molecule has 1 atom stereocenters. The average Bonchev–Trinajstić information content (AvgIpc) is 2.44. The van der Waals surface area contributed by atoms with Gasteiger partial charge in [0.2, 0.25) is 0 Å². The molecule has 0 saturated carbocycles. The third kappa shape index (κ3) is 2.81. The SMILES string of the molecule is C=C.CC1=C(/N)c2ccccc2C(C)(C)C(C)/C=C\1. The van der Waals surface area contributed by atoms with Crippen LogP contribution in [-0.4, -0.2) is 0 Å². The molecule has 19 heavy (non-hydrogen) atoms. The number of hydrogen-bond donors (Lipinski definition) is 1. The third-order valence-corrected chi connectivity index (χ3v) is 4.11. The summed E-state index contributed by atoms with van der Waals surface area (Å²) in [5.74, 6) is 0.492. The van der Waals surface area contributed by atoms with Gasteiger partial charge in [0, 0.05) is 11.3 Å². The van der Waals surface area contributed by atoms with Crippen LogP contribution in [0.15, 0.2) is 55.1 Å². The molecule has 0 bridgehead atoms. The molecule has 102 valence electrons. The van der Waals surface area contributed by atoms with Gasteiger partial charge in [-0.05, 0) is 29.4 Å². The molecule has 0 amide bonds. The molecule has 1 unspecified atom stereocenters. The van der Waals surface area contributed by atoms with Crippen molar-refractivity contribution in [2.24, 2.45) is 11.7 Å². The largest absolute Gasteiger partial charge is 0.398 e. The van der Waals surface area contributed by atoms with Crippen LogP contribution in [0.25, 0.3) is 5.70 Å². The first-order valence-electron chi connectivity index (χ1n) is 6.69. The van der Waals surface area contributed by atoms with Gasteiger partial charge in [0.1, 0.15) is 0 Å². The number of benzene rings is 1. The van der Waals surface area contributed by atoms with Crippen LogP contribution in [-0.2, 0) is 5.41 Å². The summed E-state index contributed by atoms with van der Waals surface area (Å²) in [6.07, 6.45) is 4.41. The van der Waals surface area contributed by atoms with Gasteiger partial charge in [0.25, 0.3) is 0 Å². The van der Waals surface area contributed by atoms with E-state index in [0.717, 1.165) is 11.3 Å². The van der Waals surface area contributed by atoms with E-state index >= 15 is 0 Å². The fourth-order valence-corrected chi connectivity index (χ4v) is 2.36. The van der Waals surface area contributed by atoms with Crippen molar-refractivity contribution >= 4 is 5.70 Å². The summed E-state index contributed by atoms with van der Waals surface area (Å²) in [7, 11) is 0. The molecule has 0 saturated heterocycles. The molecule has 0 heterocycles. The molecule has 1 aromatic carbocycles. The first-order valence-corrected chi connectivity index (χ1v) is 6.69. The molecule has 0 aliphatic heterocycles. The molecule has 1 aromatic rings. The van der Waals surface area contributed by atoms with Crippen molar-refractivity contribution in [2.45, 2.75) is 33.1 Å². The van der Waals surface area contributed by atoms with E-state index in [1.165, 1.54) is 11.1 Å². The first-order chi connectivity index (χ1) is 8.94. The van der Waals surface area contributed by atoms with Crippen LogP contribution >= 0.6 is 0 Å². The van der Waals surface area contributed by atoms with E-state index in [-0.39, 0.29) is 5.41 Å². The molecule has 2 rings (SSSR count). The Bertz CT molecular complexity index is 506. The molecular formula is C18H25N. The lowest BCUT2D eigenvalue weighted by Gasteiger charge is -2.34. The van der Waals surface area contributed by atoms with Crippen LogP contribution in [0.4, 0.5) is 0 Å². The van der Waals surface area contributed by atoms with E-state index in [4.69, 9.17) is 5.73 Å². The van der Waals surface area contributed by atoms with Crippen LogP contribution < -0.4 is 5.73 Å². The number of hydrogen-bond acceptors (Lipinski definition) is 1. The van der Waals surface area contributed by atoms with Crippen LogP contribution in [0.1, 0.15) is 38.8 Å². The molecule has 0 aromatic heterocycles. The van der Waals surface area contributed by atoms with Crippen molar-refractivity contribution < 1.29 is 0 Å². The van der Waals surface area contributed by atoms with Crippen LogP contribution in [0.5, 0.6) is 0 Å². The Morgan fingerprint density at radius 2 is 1.74 bits per heavy atom. The lowest BCUT2D eigenvalue weighted by molar-refractivity contribution is 0.408. The molecule has 1 aliphatic rings. The summed E-state index contributed by atoms with van der Waals surface area (Å²) in [5.41, 5.74) is 10.9.